The molecule has 4 heteroatoms. The van der Waals surface area contributed by atoms with E-state index in [-0.39, 0.29) is 5.56 Å². The van der Waals surface area contributed by atoms with E-state index in [0.29, 0.717) is 11.4 Å². The summed E-state index contributed by atoms with van der Waals surface area (Å²) in [5.41, 5.74) is 1.48. The molecule has 0 spiro atoms. The van der Waals surface area contributed by atoms with Gasteiger partial charge >= 0.3 is 5.56 Å². The zero-order valence-corrected chi connectivity index (χ0v) is 9.48. The molecule has 0 saturated carbocycles. The number of rotatable bonds is 2. The SMILES string of the molecule is O=c1c(-c2ccccc2)non1-c1ccccc1. The van der Waals surface area contributed by atoms with Crippen molar-refractivity contribution in [3.05, 3.63) is 71.0 Å². The third-order valence-corrected chi connectivity index (χ3v) is 2.64. The third-order valence-electron chi connectivity index (χ3n) is 2.64. The molecule has 1 heterocycles. The maximum absolute atomic E-state index is 12.2. The summed E-state index contributed by atoms with van der Waals surface area (Å²) in [5, 5.41) is 3.84. The largest absolute Gasteiger partial charge is 0.316 e. The Hall–Kier alpha value is -2.62. The lowest BCUT2D eigenvalue weighted by Crippen LogP contribution is -2.13. The molecule has 0 aliphatic rings. The summed E-state index contributed by atoms with van der Waals surface area (Å²) in [6.07, 6.45) is 0. The van der Waals surface area contributed by atoms with Crippen LogP contribution in [-0.4, -0.2) is 9.90 Å². The molecule has 88 valence electrons. The van der Waals surface area contributed by atoms with Gasteiger partial charge in [0.1, 0.15) is 0 Å². The average Bonchev–Trinajstić information content (AvgIpc) is 2.83. The van der Waals surface area contributed by atoms with Gasteiger partial charge in [0, 0.05) is 5.56 Å². The van der Waals surface area contributed by atoms with Crippen LogP contribution in [0.5, 0.6) is 0 Å². The first-order valence-corrected chi connectivity index (χ1v) is 5.56. The van der Waals surface area contributed by atoms with Crippen LogP contribution < -0.4 is 5.56 Å². The fourth-order valence-corrected chi connectivity index (χ4v) is 1.75. The van der Waals surface area contributed by atoms with Crippen molar-refractivity contribution in [2.75, 3.05) is 0 Å². The average molecular weight is 238 g/mol. The summed E-state index contributed by atoms with van der Waals surface area (Å²) < 4.78 is 6.27. The number of para-hydroxylation sites is 1. The smallest absolute Gasteiger partial charge is 0.263 e. The topological polar surface area (TPSA) is 48.0 Å². The summed E-state index contributed by atoms with van der Waals surface area (Å²) in [4.78, 5) is 12.2. The third kappa shape index (κ3) is 1.73. The first kappa shape index (κ1) is 10.5. The van der Waals surface area contributed by atoms with E-state index in [9.17, 15) is 4.79 Å². The van der Waals surface area contributed by atoms with Gasteiger partial charge in [0.05, 0.1) is 5.69 Å². The molecular formula is C14H10N2O2. The molecule has 18 heavy (non-hydrogen) atoms. The highest BCUT2D eigenvalue weighted by Crippen LogP contribution is 2.13. The Labute approximate surface area is 103 Å². The van der Waals surface area contributed by atoms with Crippen LogP contribution in [0.1, 0.15) is 0 Å². The van der Waals surface area contributed by atoms with Crippen LogP contribution in [0.2, 0.25) is 0 Å². The standard InChI is InChI=1S/C14H10N2O2/c17-14-13(11-7-3-1-4-8-11)15-18-16(14)12-9-5-2-6-10-12/h1-10H. The molecule has 0 amide bonds. The molecule has 3 rings (SSSR count). The van der Waals surface area contributed by atoms with E-state index >= 15 is 0 Å². The van der Waals surface area contributed by atoms with Crippen molar-refractivity contribution < 1.29 is 4.63 Å². The van der Waals surface area contributed by atoms with E-state index < -0.39 is 0 Å². The lowest BCUT2D eigenvalue weighted by atomic mass is 10.2. The lowest BCUT2D eigenvalue weighted by Gasteiger charge is -1.95. The van der Waals surface area contributed by atoms with Crippen molar-refractivity contribution in [2.45, 2.75) is 0 Å². The fraction of sp³-hybridized carbons (Fsp3) is 0. The summed E-state index contributed by atoms with van der Waals surface area (Å²) >= 11 is 0. The number of hydrogen-bond acceptors (Lipinski definition) is 3. The van der Waals surface area contributed by atoms with Gasteiger partial charge in [-0.15, -0.1) is 4.74 Å². The maximum Gasteiger partial charge on any atom is 0.316 e. The highest BCUT2D eigenvalue weighted by Gasteiger charge is 2.13. The fourth-order valence-electron chi connectivity index (χ4n) is 1.75. The predicted octanol–water partition coefficient (Wildman–Crippen LogP) is 2.49. The van der Waals surface area contributed by atoms with Crippen molar-refractivity contribution in [3.63, 3.8) is 0 Å². The van der Waals surface area contributed by atoms with Crippen molar-refractivity contribution in [1.82, 2.24) is 9.90 Å². The summed E-state index contributed by atoms with van der Waals surface area (Å²) in [7, 11) is 0. The van der Waals surface area contributed by atoms with Gasteiger partial charge in [-0.2, -0.15) is 0 Å². The second-order valence-electron chi connectivity index (χ2n) is 3.82. The molecule has 0 saturated heterocycles. The van der Waals surface area contributed by atoms with E-state index in [0.717, 1.165) is 5.56 Å². The maximum atomic E-state index is 12.2. The molecule has 0 atom stereocenters. The molecule has 0 unspecified atom stereocenters. The quantitative estimate of drug-likeness (QED) is 0.689. The van der Waals surface area contributed by atoms with Crippen LogP contribution in [0, 0.1) is 0 Å². The predicted molar refractivity (Wildman–Crippen MR) is 67.5 cm³/mol. The van der Waals surface area contributed by atoms with Gasteiger partial charge in [-0.05, 0) is 17.3 Å². The monoisotopic (exact) mass is 238 g/mol. The van der Waals surface area contributed by atoms with Gasteiger partial charge in [-0.25, -0.2) is 0 Å². The Balaban J connectivity index is 2.12. The van der Waals surface area contributed by atoms with Crippen molar-refractivity contribution >= 4 is 0 Å². The number of benzene rings is 2. The highest BCUT2D eigenvalue weighted by atomic mass is 16.6. The van der Waals surface area contributed by atoms with E-state index in [4.69, 9.17) is 4.63 Å². The van der Waals surface area contributed by atoms with Gasteiger partial charge in [0.2, 0.25) is 0 Å². The first-order chi connectivity index (χ1) is 8.86. The van der Waals surface area contributed by atoms with Crippen LogP contribution in [-0.2, 0) is 0 Å². The second-order valence-corrected chi connectivity index (χ2v) is 3.82. The summed E-state index contributed by atoms with van der Waals surface area (Å²) in [6, 6.07) is 18.4. The number of hydrogen-bond donors (Lipinski definition) is 0. The minimum Gasteiger partial charge on any atom is -0.263 e. The molecule has 0 bridgehead atoms. The minimum atomic E-state index is -0.257. The van der Waals surface area contributed by atoms with Crippen LogP contribution in [0.25, 0.3) is 16.9 Å². The Morgan fingerprint density at radius 3 is 2.17 bits per heavy atom. The van der Waals surface area contributed by atoms with E-state index in [1.807, 2.05) is 48.5 Å². The second kappa shape index (κ2) is 4.33. The zero-order valence-electron chi connectivity index (χ0n) is 9.48. The Bertz CT molecular complexity index is 639. The van der Waals surface area contributed by atoms with E-state index in [2.05, 4.69) is 5.16 Å². The Kier molecular flexibility index (Phi) is 2.53. The lowest BCUT2D eigenvalue weighted by molar-refractivity contribution is 0.248. The van der Waals surface area contributed by atoms with Crippen molar-refractivity contribution in [3.8, 4) is 16.9 Å². The molecule has 0 N–H and O–H groups in total. The van der Waals surface area contributed by atoms with Crippen molar-refractivity contribution in [2.24, 2.45) is 0 Å². The van der Waals surface area contributed by atoms with Gasteiger partial charge in [-0.3, -0.25) is 9.42 Å². The molecule has 0 radical (unpaired) electrons. The molecule has 0 aliphatic heterocycles. The van der Waals surface area contributed by atoms with E-state index in [1.54, 1.807) is 12.1 Å². The normalized spacial score (nSPS) is 10.4. The molecule has 0 aliphatic carbocycles. The molecule has 1 aromatic heterocycles. The molecule has 3 aromatic rings. The Morgan fingerprint density at radius 1 is 0.889 bits per heavy atom. The highest BCUT2D eigenvalue weighted by molar-refractivity contribution is 5.57. The van der Waals surface area contributed by atoms with Gasteiger partial charge in [0.25, 0.3) is 0 Å². The molecular weight excluding hydrogens is 228 g/mol. The molecule has 2 aromatic carbocycles. The Morgan fingerprint density at radius 2 is 1.50 bits per heavy atom. The number of aromatic nitrogens is 2. The number of nitrogens with zero attached hydrogens (tertiary/aromatic N) is 2. The van der Waals surface area contributed by atoms with Crippen molar-refractivity contribution in [1.29, 1.82) is 0 Å². The molecule has 4 nitrogen and oxygen atoms in total. The van der Waals surface area contributed by atoms with Crippen LogP contribution in [0.3, 0.4) is 0 Å². The van der Waals surface area contributed by atoms with Gasteiger partial charge < -0.3 is 0 Å². The van der Waals surface area contributed by atoms with E-state index in [1.165, 1.54) is 4.74 Å². The molecule has 0 fully saturated rings. The van der Waals surface area contributed by atoms with Crippen LogP contribution in [0.15, 0.2) is 70.1 Å². The van der Waals surface area contributed by atoms with Gasteiger partial charge in [0.15, 0.2) is 5.69 Å². The van der Waals surface area contributed by atoms with Crippen LogP contribution in [0.4, 0.5) is 0 Å². The first-order valence-electron chi connectivity index (χ1n) is 5.56. The zero-order chi connectivity index (χ0) is 12.4. The summed E-state index contributed by atoms with van der Waals surface area (Å²) in [5.74, 6) is 0. The van der Waals surface area contributed by atoms with Gasteiger partial charge in [-0.1, -0.05) is 48.5 Å². The summed E-state index contributed by atoms with van der Waals surface area (Å²) in [6.45, 7) is 0. The van der Waals surface area contributed by atoms with Crippen LogP contribution >= 0.6 is 0 Å². The minimum absolute atomic E-state index is 0.257.